The molecule has 0 aliphatic heterocycles. The largest absolute Gasteiger partial charge is 0.122 e. The van der Waals surface area contributed by atoms with Crippen LogP contribution in [0.25, 0.3) is 0 Å². The van der Waals surface area contributed by atoms with Gasteiger partial charge in [0.1, 0.15) is 0 Å². The van der Waals surface area contributed by atoms with Crippen molar-refractivity contribution in [2.24, 2.45) is 11.8 Å². The first-order chi connectivity index (χ1) is 7.45. The van der Waals surface area contributed by atoms with Crippen molar-refractivity contribution in [1.82, 2.24) is 0 Å². The van der Waals surface area contributed by atoms with Crippen molar-refractivity contribution < 1.29 is 0 Å². The van der Waals surface area contributed by atoms with Gasteiger partial charge in [-0.3, -0.25) is 0 Å². The quantitative estimate of drug-likeness (QED) is 0.468. The summed E-state index contributed by atoms with van der Waals surface area (Å²) in [7, 11) is 1.15. The maximum atomic E-state index is 2.31. The molecular weight excluding hydrogens is 199 g/mol. The summed E-state index contributed by atoms with van der Waals surface area (Å²) in [6.45, 7) is 0. The molecule has 0 aromatic heterocycles. The van der Waals surface area contributed by atoms with Crippen molar-refractivity contribution in [3.05, 3.63) is 48.6 Å². The van der Waals surface area contributed by atoms with E-state index >= 15 is 0 Å². The molecule has 0 bridgehead atoms. The third-order valence-electron chi connectivity index (χ3n) is 2.96. The zero-order valence-electron chi connectivity index (χ0n) is 9.10. The van der Waals surface area contributed by atoms with E-state index in [1.807, 2.05) is 0 Å². The van der Waals surface area contributed by atoms with Gasteiger partial charge in [0.15, 0.2) is 0 Å². The topological polar surface area (TPSA) is 0 Å². The van der Waals surface area contributed by atoms with Gasteiger partial charge in [-0.05, 0) is 37.0 Å². The van der Waals surface area contributed by atoms with Crippen LogP contribution in [-0.4, -0.2) is 12.3 Å². The van der Waals surface area contributed by atoms with Crippen molar-refractivity contribution in [1.29, 1.82) is 0 Å². The molecule has 0 N–H and O–H groups in total. The summed E-state index contributed by atoms with van der Waals surface area (Å²) in [6, 6.07) is 0. The second-order valence-electron chi connectivity index (χ2n) is 4.19. The minimum atomic E-state index is 0.740. The molecule has 80 valence electrons. The van der Waals surface area contributed by atoms with E-state index in [9.17, 15) is 0 Å². The van der Waals surface area contributed by atoms with Gasteiger partial charge >= 0.3 is 0 Å². The highest BCUT2D eigenvalue weighted by Crippen LogP contribution is 2.23. The standard InChI is InChI=1S/C14H19P/c1-2-6-13(5-1)9-11-15-12-10-14-7-3-4-8-14/h1-8,13-15H,9-12H2. The predicted molar refractivity (Wildman–Crippen MR) is 70.8 cm³/mol. The van der Waals surface area contributed by atoms with E-state index in [1.54, 1.807) is 0 Å². The zero-order chi connectivity index (χ0) is 10.3. The number of hydrogen-bond donors (Lipinski definition) is 0. The lowest BCUT2D eigenvalue weighted by Crippen LogP contribution is -1.94. The summed E-state index contributed by atoms with van der Waals surface area (Å²) in [5, 5.41) is 0. The maximum absolute atomic E-state index is 2.31. The summed E-state index contributed by atoms with van der Waals surface area (Å²) in [6.07, 6.45) is 23.4. The molecule has 0 aromatic carbocycles. The van der Waals surface area contributed by atoms with Gasteiger partial charge in [0.25, 0.3) is 0 Å². The van der Waals surface area contributed by atoms with Gasteiger partial charge in [0.2, 0.25) is 0 Å². The average Bonchev–Trinajstić information content (AvgIpc) is 2.88. The lowest BCUT2D eigenvalue weighted by Gasteiger charge is -2.07. The molecule has 0 fully saturated rings. The molecule has 0 saturated carbocycles. The van der Waals surface area contributed by atoms with Gasteiger partial charge in [0, 0.05) is 0 Å². The van der Waals surface area contributed by atoms with Crippen LogP contribution in [0, 0.1) is 11.8 Å². The van der Waals surface area contributed by atoms with E-state index in [4.69, 9.17) is 0 Å². The fourth-order valence-corrected chi connectivity index (χ4v) is 3.33. The van der Waals surface area contributed by atoms with Crippen LogP contribution in [0.5, 0.6) is 0 Å². The molecule has 0 aromatic rings. The van der Waals surface area contributed by atoms with Gasteiger partial charge in [-0.1, -0.05) is 48.6 Å². The van der Waals surface area contributed by atoms with Gasteiger partial charge in [-0.25, -0.2) is 0 Å². The second-order valence-corrected chi connectivity index (χ2v) is 5.69. The Morgan fingerprint density at radius 2 is 1.07 bits per heavy atom. The van der Waals surface area contributed by atoms with E-state index in [0.29, 0.717) is 0 Å². The van der Waals surface area contributed by atoms with Crippen LogP contribution >= 0.6 is 8.58 Å². The van der Waals surface area contributed by atoms with E-state index in [1.165, 1.54) is 25.2 Å². The number of rotatable bonds is 6. The molecular formula is C14H19P. The Kier molecular flexibility index (Phi) is 4.41. The summed E-state index contributed by atoms with van der Waals surface area (Å²) >= 11 is 0. The molecule has 0 saturated heterocycles. The summed E-state index contributed by atoms with van der Waals surface area (Å²) < 4.78 is 0. The Hall–Kier alpha value is -0.610. The Bertz CT molecular complexity index is 242. The Balaban J connectivity index is 1.48. The van der Waals surface area contributed by atoms with Gasteiger partial charge in [-0.2, -0.15) is 0 Å². The molecule has 0 nitrogen and oxygen atoms in total. The highest BCUT2D eigenvalue weighted by molar-refractivity contribution is 7.37. The summed E-state index contributed by atoms with van der Waals surface area (Å²) in [5.74, 6) is 1.48. The zero-order valence-corrected chi connectivity index (χ0v) is 10.1. The smallest absolute Gasteiger partial charge is 0.00440 e. The van der Waals surface area contributed by atoms with E-state index in [2.05, 4.69) is 48.6 Å². The van der Waals surface area contributed by atoms with Gasteiger partial charge in [-0.15, -0.1) is 8.58 Å². The minimum absolute atomic E-state index is 0.740. The second kappa shape index (κ2) is 6.08. The Morgan fingerprint density at radius 1 is 0.667 bits per heavy atom. The molecule has 0 radical (unpaired) electrons. The van der Waals surface area contributed by atoms with Gasteiger partial charge < -0.3 is 0 Å². The van der Waals surface area contributed by atoms with Crippen molar-refractivity contribution in [3.63, 3.8) is 0 Å². The summed E-state index contributed by atoms with van der Waals surface area (Å²) in [4.78, 5) is 0. The van der Waals surface area contributed by atoms with Gasteiger partial charge in [0.05, 0.1) is 0 Å². The van der Waals surface area contributed by atoms with E-state index in [0.717, 1.165) is 20.4 Å². The average molecular weight is 218 g/mol. The van der Waals surface area contributed by atoms with Crippen LogP contribution in [0.2, 0.25) is 0 Å². The molecule has 1 heteroatoms. The van der Waals surface area contributed by atoms with E-state index in [-0.39, 0.29) is 0 Å². The SMILES string of the molecule is C1=CC(CCPCCC2C=CC=C2)C=C1. The van der Waals surface area contributed by atoms with Crippen LogP contribution in [0.15, 0.2) is 48.6 Å². The molecule has 2 aliphatic rings. The fourth-order valence-electron chi connectivity index (χ4n) is 2.00. The van der Waals surface area contributed by atoms with Crippen molar-refractivity contribution in [2.45, 2.75) is 12.8 Å². The van der Waals surface area contributed by atoms with Crippen LogP contribution < -0.4 is 0 Å². The van der Waals surface area contributed by atoms with Crippen LogP contribution in [0.3, 0.4) is 0 Å². The highest BCUT2D eigenvalue weighted by atomic mass is 31.1. The molecule has 2 rings (SSSR count). The monoisotopic (exact) mass is 218 g/mol. The fraction of sp³-hybridized carbons (Fsp3) is 0.429. The van der Waals surface area contributed by atoms with Crippen molar-refractivity contribution >= 4 is 8.58 Å². The third-order valence-corrected chi connectivity index (χ3v) is 4.25. The van der Waals surface area contributed by atoms with Crippen molar-refractivity contribution in [3.8, 4) is 0 Å². The molecule has 0 amide bonds. The lowest BCUT2D eigenvalue weighted by atomic mass is 10.1. The highest BCUT2D eigenvalue weighted by Gasteiger charge is 2.05. The molecule has 15 heavy (non-hydrogen) atoms. The molecule has 0 heterocycles. The van der Waals surface area contributed by atoms with E-state index < -0.39 is 0 Å². The van der Waals surface area contributed by atoms with Crippen LogP contribution in [0.1, 0.15) is 12.8 Å². The Morgan fingerprint density at radius 3 is 1.47 bits per heavy atom. The van der Waals surface area contributed by atoms with Crippen molar-refractivity contribution in [2.75, 3.05) is 12.3 Å². The summed E-state index contributed by atoms with van der Waals surface area (Å²) in [5.41, 5.74) is 0. The number of hydrogen-bond acceptors (Lipinski definition) is 0. The predicted octanol–water partition coefficient (Wildman–Crippen LogP) is 3.93. The maximum Gasteiger partial charge on any atom is -0.00440 e. The minimum Gasteiger partial charge on any atom is -0.122 e. The van der Waals surface area contributed by atoms with Crippen LogP contribution in [0.4, 0.5) is 0 Å². The third kappa shape index (κ3) is 3.80. The first kappa shape index (κ1) is 10.9. The molecule has 0 atom stereocenters. The Labute approximate surface area is 94.6 Å². The molecule has 0 unspecified atom stereocenters. The first-order valence-electron chi connectivity index (χ1n) is 5.86. The number of allylic oxidation sites excluding steroid dienone is 8. The normalized spacial score (nSPS) is 19.7. The lowest BCUT2D eigenvalue weighted by molar-refractivity contribution is 0.776. The molecule has 2 aliphatic carbocycles. The first-order valence-corrected chi connectivity index (χ1v) is 7.27. The van der Waals surface area contributed by atoms with Crippen LogP contribution in [-0.2, 0) is 0 Å². The molecule has 0 spiro atoms.